The molecular weight excluding hydrogens is 256 g/mol. The third-order valence-electron chi connectivity index (χ3n) is 3.03. The molecule has 0 fully saturated rings. The van der Waals surface area contributed by atoms with E-state index in [1.54, 1.807) is 23.1 Å². The summed E-state index contributed by atoms with van der Waals surface area (Å²) in [5.41, 5.74) is 1.89. The first-order valence-electron chi connectivity index (χ1n) is 6.37. The minimum atomic E-state index is -0.205. The molecule has 3 aromatic rings. The number of carbonyl (C=O) groups is 1. The van der Waals surface area contributed by atoms with Gasteiger partial charge in [-0.15, -0.1) is 0 Å². The van der Waals surface area contributed by atoms with Gasteiger partial charge < -0.3 is 5.32 Å². The Kier molecular flexibility index (Phi) is 3.16. The molecule has 20 heavy (non-hydrogen) atoms. The molecule has 1 amide bonds. The number of H-pyrrole nitrogens is 1. The van der Waals surface area contributed by atoms with Crippen molar-refractivity contribution in [2.75, 3.05) is 0 Å². The molecule has 0 aliphatic carbocycles. The quantitative estimate of drug-likeness (QED) is 0.743. The van der Waals surface area contributed by atoms with E-state index in [1.165, 1.54) is 0 Å². The highest BCUT2D eigenvalue weighted by molar-refractivity contribution is 5.92. The van der Waals surface area contributed by atoms with Crippen LogP contribution in [-0.4, -0.2) is 30.9 Å². The Morgan fingerprint density at radius 1 is 1.45 bits per heavy atom. The summed E-state index contributed by atoms with van der Waals surface area (Å²) >= 11 is 0. The number of rotatable bonds is 4. The molecule has 0 spiro atoms. The van der Waals surface area contributed by atoms with Crippen molar-refractivity contribution in [1.29, 1.82) is 0 Å². The van der Waals surface area contributed by atoms with E-state index in [0.29, 0.717) is 17.9 Å². The molecule has 0 aromatic carbocycles. The predicted molar refractivity (Wildman–Crippen MR) is 73.0 cm³/mol. The molecule has 0 unspecified atom stereocenters. The zero-order valence-electron chi connectivity index (χ0n) is 11.0. The van der Waals surface area contributed by atoms with Crippen LogP contribution in [0.2, 0.25) is 0 Å². The van der Waals surface area contributed by atoms with Gasteiger partial charge in [0.25, 0.3) is 5.91 Å². The lowest BCUT2D eigenvalue weighted by molar-refractivity contribution is 0.0944. The van der Waals surface area contributed by atoms with Crippen LogP contribution in [0.15, 0.2) is 30.6 Å². The van der Waals surface area contributed by atoms with E-state index in [0.717, 1.165) is 17.6 Å². The highest BCUT2D eigenvalue weighted by Crippen LogP contribution is 2.12. The van der Waals surface area contributed by atoms with Crippen molar-refractivity contribution in [2.24, 2.45) is 0 Å². The van der Waals surface area contributed by atoms with Crippen LogP contribution >= 0.6 is 0 Å². The maximum absolute atomic E-state index is 12.0. The van der Waals surface area contributed by atoms with E-state index in [4.69, 9.17) is 0 Å². The Labute approximate surface area is 115 Å². The van der Waals surface area contributed by atoms with Gasteiger partial charge in [0.05, 0.1) is 12.2 Å². The number of hydrogen-bond donors (Lipinski definition) is 2. The van der Waals surface area contributed by atoms with Crippen molar-refractivity contribution in [2.45, 2.75) is 20.0 Å². The molecule has 7 heteroatoms. The number of aryl methyl sites for hydroxylation is 1. The minimum Gasteiger partial charge on any atom is -0.345 e. The third-order valence-corrected chi connectivity index (χ3v) is 3.03. The monoisotopic (exact) mass is 270 g/mol. The molecule has 0 aliphatic rings. The fourth-order valence-electron chi connectivity index (χ4n) is 1.96. The van der Waals surface area contributed by atoms with Gasteiger partial charge in [-0.2, -0.15) is 10.2 Å². The van der Waals surface area contributed by atoms with Gasteiger partial charge in [0.2, 0.25) is 0 Å². The summed E-state index contributed by atoms with van der Waals surface area (Å²) in [6, 6.07) is 5.46. The first-order valence-corrected chi connectivity index (χ1v) is 6.37. The van der Waals surface area contributed by atoms with Gasteiger partial charge in [-0.05, 0) is 25.1 Å². The number of pyridine rings is 1. The van der Waals surface area contributed by atoms with Gasteiger partial charge >= 0.3 is 0 Å². The highest BCUT2D eigenvalue weighted by Gasteiger charge is 2.11. The molecule has 102 valence electrons. The summed E-state index contributed by atoms with van der Waals surface area (Å²) < 4.78 is 1.71. The van der Waals surface area contributed by atoms with Crippen LogP contribution in [0.5, 0.6) is 0 Å². The Bertz CT molecular complexity index is 744. The maximum atomic E-state index is 12.0. The fraction of sp³-hybridized carbons (Fsp3) is 0.231. The lowest BCUT2D eigenvalue weighted by Gasteiger charge is -2.01. The van der Waals surface area contributed by atoms with Crippen LogP contribution in [0, 0.1) is 0 Å². The number of nitrogens with zero attached hydrogens (tertiary/aromatic N) is 4. The van der Waals surface area contributed by atoms with E-state index in [-0.39, 0.29) is 5.91 Å². The number of amides is 1. The summed E-state index contributed by atoms with van der Waals surface area (Å²) in [5.74, 6) is -0.205. The van der Waals surface area contributed by atoms with Crippen LogP contribution in [0.3, 0.4) is 0 Å². The molecule has 0 aliphatic heterocycles. The summed E-state index contributed by atoms with van der Waals surface area (Å²) in [6.45, 7) is 3.07. The van der Waals surface area contributed by atoms with Gasteiger partial charge in [0, 0.05) is 24.3 Å². The van der Waals surface area contributed by atoms with Crippen LogP contribution in [0.25, 0.3) is 11.0 Å². The number of aromatic amines is 1. The average molecular weight is 270 g/mol. The molecule has 3 aromatic heterocycles. The third kappa shape index (κ3) is 2.25. The zero-order chi connectivity index (χ0) is 13.9. The number of hydrogen-bond acceptors (Lipinski definition) is 4. The van der Waals surface area contributed by atoms with Crippen molar-refractivity contribution >= 4 is 16.9 Å². The summed E-state index contributed by atoms with van der Waals surface area (Å²) in [4.78, 5) is 16.1. The van der Waals surface area contributed by atoms with Crippen molar-refractivity contribution < 1.29 is 4.79 Å². The van der Waals surface area contributed by atoms with Gasteiger partial charge in [-0.3, -0.25) is 14.6 Å². The number of carbonyl (C=O) groups excluding carboxylic acids is 1. The lowest BCUT2D eigenvalue weighted by atomic mass is 10.2. The minimum absolute atomic E-state index is 0.205. The smallest absolute Gasteiger partial charge is 0.272 e. The SMILES string of the molecule is CCn1ccc(C(=O)NCc2[nH]nc3ncccc23)n1. The summed E-state index contributed by atoms with van der Waals surface area (Å²) in [7, 11) is 0. The van der Waals surface area contributed by atoms with E-state index in [1.807, 2.05) is 19.1 Å². The van der Waals surface area contributed by atoms with Gasteiger partial charge in [0.15, 0.2) is 5.65 Å². The van der Waals surface area contributed by atoms with Crippen molar-refractivity contribution in [3.8, 4) is 0 Å². The van der Waals surface area contributed by atoms with E-state index in [9.17, 15) is 4.79 Å². The molecule has 0 saturated carbocycles. The number of nitrogens with one attached hydrogen (secondary N) is 2. The number of aromatic nitrogens is 5. The second kappa shape index (κ2) is 5.12. The van der Waals surface area contributed by atoms with E-state index in [2.05, 4.69) is 25.6 Å². The first-order chi connectivity index (χ1) is 9.78. The zero-order valence-corrected chi connectivity index (χ0v) is 11.0. The summed E-state index contributed by atoms with van der Waals surface area (Å²) in [6.07, 6.45) is 3.47. The Hall–Kier alpha value is -2.70. The molecule has 7 nitrogen and oxygen atoms in total. The molecule has 3 rings (SSSR count). The van der Waals surface area contributed by atoms with Crippen molar-refractivity contribution in [1.82, 2.24) is 30.3 Å². The van der Waals surface area contributed by atoms with E-state index < -0.39 is 0 Å². The Balaban J connectivity index is 1.71. The normalized spacial score (nSPS) is 10.8. The van der Waals surface area contributed by atoms with Crippen LogP contribution in [0.1, 0.15) is 23.1 Å². The van der Waals surface area contributed by atoms with Crippen molar-refractivity contribution in [3.05, 3.63) is 42.0 Å². The van der Waals surface area contributed by atoms with Gasteiger partial charge in [0.1, 0.15) is 5.69 Å². The largest absolute Gasteiger partial charge is 0.345 e. The van der Waals surface area contributed by atoms with Gasteiger partial charge in [-0.25, -0.2) is 4.98 Å². The maximum Gasteiger partial charge on any atom is 0.272 e. The molecule has 0 atom stereocenters. The second-order valence-corrected chi connectivity index (χ2v) is 4.32. The molecule has 3 heterocycles. The standard InChI is InChI=1S/C13H14N6O/c1-2-19-7-5-10(18-19)13(20)15-8-11-9-4-3-6-14-12(9)17-16-11/h3-7H,2,8H2,1H3,(H,15,20)(H,14,16,17). The summed E-state index contributed by atoms with van der Waals surface area (Å²) in [5, 5.41) is 14.8. The number of fused-ring (bicyclic) bond motifs is 1. The molecule has 0 bridgehead atoms. The van der Waals surface area contributed by atoms with Crippen LogP contribution in [-0.2, 0) is 13.1 Å². The topological polar surface area (TPSA) is 88.5 Å². The predicted octanol–water partition coefficient (Wildman–Crippen LogP) is 1.10. The first kappa shape index (κ1) is 12.3. The second-order valence-electron chi connectivity index (χ2n) is 4.32. The van der Waals surface area contributed by atoms with Crippen molar-refractivity contribution in [3.63, 3.8) is 0 Å². The van der Waals surface area contributed by atoms with Gasteiger partial charge in [-0.1, -0.05) is 0 Å². The highest BCUT2D eigenvalue weighted by atomic mass is 16.1. The van der Waals surface area contributed by atoms with Crippen LogP contribution < -0.4 is 5.32 Å². The molecular formula is C13H14N6O. The molecule has 2 N–H and O–H groups in total. The Morgan fingerprint density at radius 2 is 2.35 bits per heavy atom. The fourth-order valence-corrected chi connectivity index (χ4v) is 1.96. The Morgan fingerprint density at radius 3 is 3.15 bits per heavy atom. The molecule has 0 saturated heterocycles. The average Bonchev–Trinajstić information content (AvgIpc) is 3.11. The lowest BCUT2D eigenvalue weighted by Crippen LogP contribution is -2.23. The van der Waals surface area contributed by atoms with E-state index >= 15 is 0 Å². The molecule has 0 radical (unpaired) electrons. The van der Waals surface area contributed by atoms with Crippen LogP contribution in [0.4, 0.5) is 0 Å².